The van der Waals surface area contributed by atoms with Gasteiger partial charge < -0.3 is 28.1 Å². The van der Waals surface area contributed by atoms with E-state index in [1.807, 2.05) is 24.3 Å². The molecule has 5 heterocycles. The van der Waals surface area contributed by atoms with Crippen molar-refractivity contribution in [3.05, 3.63) is 162 Å². The largest absolute Gasteiger partial charge is 0.489 e. The number of para-hydroxylation sites is 2. The number of rotatable bonds is 4. The number of anilines is 6. The van der Waals surface area contributed by atoms with Gasteiger partial charge in [-0.2, -0.15) is 0 Å². The highest BCUT2D eigenvalue weighted by Crippen LogP contribution is 2.51. The third kappa shape index (κ3) is 6.46. The van der Waals surface area contributed by atoms with Crippen LogP contribution in [0.4, 0.5) is 34.1 Å². The van der Waals surface area contributed by atoms with Crippen LogP contribution in [-0.2, 0) is 10.8 Å². The van der Waals surface area contributed by atoms with E-state index < -0.39 is 0 Å². The second kappa shape index (κ2) is 14.4. The molecular formula is C58H51BN2O4. The zero-order chi connectivity index (χ0) is 44.4. The Balaban J connectivity index is 1.16. The van der Waals surface area contributed by atoms with Gasteiger partial charge in [0.1, 0.15) is 22.7 Å². The summed E-state index contributed by atoms with van der Waals surface area (Å²) in [5.74, 6) is 3.20. The van der Waals surface area contributed by atoms with E-state index >= 15 is 0 Å². The lowest BCUT2D eigenvalue weighted by molar-refractivity contribution is 0.297. The van der Waals surface area contributed by atoms with Gasteiger partial charge in [0.25, 0.3) is 6.71 Å². The lowest BCUT2D eigenvalue weighted by Gasteiger charge is -2.45. The molecule has 320 valence electrons. The van der Waals surface area contributed by atoms with Gasteiger partial charge in [0.15, 0.2) is 11.5 Å². The summed E-state index contributed by atoms with van der Waals surface area (Å²) in [6, 6.07) is 52.9. The van der Waals surface area contributed by atoms with Crippen LogP contribution < -0.4 is 35.7 Å². The molecule has 9 aromatic rings. The van der Waals surface area contributed by atoms with Crippen molar-refractivity contribution in [3.63, 3.8) is 0 Å². The minimum atomic E-state index is -0.0974. The quantitative estimate of drug-likeness (QED) is 0.164. The lowest BCUT2D eigenvalue weighted by atomic mass is 9.33. The van der Waals surface area contributed by atoms with E-state index in [1.54, 1.807) is 0 Å². The van der Waals surface area contributed by atoms with Crippen molar-refractivity contribution in [3.8, 4) is 34.1 Å². The molecule has 0 amide bonds. The van der Waals surface area contributed by atoms with Crippen LogP contribution in [0.3, 0.4) is 0 Å². The first-order valence-electron chi connectivity index (χ1n) is 22.9. The third-order valence-electron chi connectivity index (χ3n) is 13.5. The van der Waals surface area contributed by atoms with E-state index in [9.17, 15) is 0 Å². The number of benzene rings is 7. The highest BCUT2D eigenvalue weighted by Gasteiger charge is 2.46. The second-order valence-corrected chi connectivity index (χ2v) is 20.1. The summed E-state index contributed by atoms with van der Waals surface area (Å²) >= 11 is 0. The molecule has 7 aromatic carbocycles. The Kier molecular flexibility index (Phi) is 8.77. The smallest absolute Gasteiger partial charge is 0.252 e. The molecule has 2 aromatic heterocycles. The summed E-state index contributed by atoms with van der Waals surface area (Å²) in [6.07, 6.45) is 0.822. The number of hydrogen-bond donors (Lipinski definition) is 0. The second-order valence-electron chi connectivity index (χ2n) is 20.1. The third-order valence-corrected chi connectivity index (χ3v) is 13.5. The molecule has 0 bridgehead atoms. The van der Waals surface area contributed by atoms with Crippen LogP contribution in [-0.4, -0.2) is 19.9 Å². The van der Waals surface area contributed by atoms with Gasteiger partial charge in [0.05, 0.1) is 18.9 Å². The number of furan rings is 2. The molecule has 12 rings (SSSR count). The molecule has 0 unspecified atom stereocenters. The Morgan fingerprint density at radius 2 is 1.11 bits per heavy atom. The number of aryl methyl sites for hydroxylation is 1. The monoisotopic (exact) mass is 850 g/mol. The van der Waals surface area contributed by atoms with Crippen molar-refractivity contribution in [2.75, 3.05) is 23.0 Å². The molecule has 0 fully saturated rings. The van der Waals surface area contributed by atoms with Gasteiger partial charge in [0, 0.05) is 56.8 Å². The van der Waals surface area contributed by atoms with Crippen molar-refractivity contribution in [1.29, 1.82) is 0 Å². The Labute approximate surface area is 381 Å². The summed E-state index contributed by atoms with van der Waals surface area (Å²) in [4.78, 5) is 4.93. The summed E-state index contributed by atoms with van der Waals surface area (Å²) < 4.78 is 26.5. The predicted molar refractivity (Wildman–Crippen MR) is 269 cm³/mol. The van der Waals surface area contributed by atoms with Crippen molar-refractivity contribution >= 4 is 79.2 Å². The lowest BCUT2D eigenvalue weighted by Crippen LogP contribution is -2.61. The molecule has 0 aliphatic carbocycles. The van der Waals surface area contributed by atoms with Gasteiger partial charge in [-0.15, -0.1) is 0 Å². The number of nitrogens with zero attached hydrogens (tertiary/aromatic N) is 2. The molecule has 65 heavy (non-hydrogen) atoms. The molecule has 0 saturated heterocycles. The van der Waals surface area contributed by atoms with Gasteiger partial charge >= 0.3 is 0 Å². The first kappa shape index (κ1) is 39.5. The van der Waals surface area contributed by atoms with Gasteiger partial charge in [-0.05, 0) is 130 Å². The average Bonchev–Trinajstić information content (AvgIpc) is 3.86. The SMILES string of the molecule is Cc1cc2c3c(c1)N(c1ccc(C(C)(C)C)cc1)c1c(ccc4c1OCCCO4)B3c1cc(C(C)(C)C)ccc1N2c1cc(-c2cc3ccccc3o2)cc(-c2cc3ccccc3o2)c1. The van der Waals surface area contributed by atoms with Crippen molar-refractivity contribution in [2.45, 2.75) is 65.7 Å². The molecule has 0 radical (unpaired) electrons. The van der Waals surface area contributed by atoms with Crippen LogP contribution in [0, 0.1) is 6.92 Å². The van der Waals surface area contributed by atoms with E-state index in [2.05, 4.69) is 180 Å². The molecular weight excluding hydrogens is 799 g/mol. The molecule has 3 aliphatic rings. The average molecular weight is 851 g/mol. The molecule has 3 aliphatic heterocycles. The van der Waals surface area contributed by atoms with Crippen LogP contribution in [0.25, 0.3) is 44.6 Å². The molecule has 0 N–H and O–H groups in total. The standard InChI is InChI=1S/C58H51BN2O4/c1-35-27-47-54-48(28-35)61(42-20-17-40(18-21-42)57(2,3)4)55-44(22-24-51-56(55)63-26-12-25-62-51)59(54)45-34-41(58(5,6)7)19-23-46(45)60(47)43-30-38(52-32-36-13-8-10-15-49(36)64-52)29-39(31-43)53-33-37-14-9-11-16-50(37)65-53/h8-11,13-24,27-34H,12,25-26H2,1-7H3. The molecule has 6 nitrogen and oxygen atoms in total. The molecule has 0 atom stereocenters. The minimum absolute atomic E-state index is 0.00702. The maximum atomic E-state index is 6.78. The van der Waals surface area contributed by atoms with Crippen molar-refractivity contribution < 1.29 is 18.3 Å². The summed E-state index contributed by atoms with van der Waals surface area (Å²) in [5, 5.41) is 2.13. The van der Waals surface area contributed by atoms with E-state index in [4.69, 9.17) is 18.3 Å². The number of ether oxygens (including phenoxy) is 2. The first-order chi connectivity index (χ1) is 31.4. The zero-order valence-electron chi connectivity index (χ0n) is 38.1. The topological polar surface area (TPSA) is 51.2 Å². The van der Waals surface area contributed by atoms with Crippen LogP contribution in [0.2, 0.25) is 0 Å². The predicted octanol–water partition coefficient (Wildman–Crippen LogP) is 13.7. The Hall–Kier alpha value is -7.12. The highest BCUT2D eigenvalue weighted by atomic mass is 16.5. The molecule has 0 saturated carbocycles. The normalized spacial score (nSPS) is 14.4. The fourth-order valence-corrected chi connectivity index (χ4v) is 10.2. The van der Waals surface area contributed by atoms with E-state index in [1.165, 1.54) is 27.5 Å². The van der Waals surface area contributed by atoms with Crippen molar-refractivity contribution in [2.24, 2.45) is 0 Å². The fraction of sp³-hybridized carbons (Fsp3) is 0.207. The van der Waals surface area contributed by atoms with Crippen LogP contribution in [0.15, 0.2) is 154 Å². The maximum absolute atomic E-state index is 6.78. The Morgan fingerprint density at radius 1 is 0.508 bits per heavy atom. The Bertz CT molecular complexity index is 3210. The summed E-state index contributed by atoms with van der Waals surface area (Å²) in [6.45, 7) is 17.0. The summed E-state index contributed by atoms with van der Waals surface area (Å²) in [5.41, 5.74) is 17.5. The van der Waals surface area contributed by atoms with Crippen molar-refractivity contribution in [1.82, 2.24) is 0 Å². The van der Waals surface area contributed by atoms with Crippen LogP contribution >= 0.6 is 0 Å². The number of hydrogen-bond acceptors (Lipinski definition) is 6. The fourth-order valence-electron chi connectivity index (χ4n) is 10.2. The van der Waals surface area contributed by atoms with E-state index in [-0.39, 0.29) is 17.5 Å². The van der Waals surface area contributed by atoms with Gasteiger partial charge in [0.2, 0.25) is 0 Å². The van der Waals surface area contributed by atoms with Crippen LogP contribution in [0.5, 0.6) is 11.5 Å². The van der Waals surface area contributed by atoms with Gasteiger partial charge in [-0.25, -0.2) is 0 Å². The highest BCUT2D eigenvalue weighted by molar-refractivity contribution is 7.00. The maximum Gasteiger partial charge on any atom is 0.252 e. The van der Waals surface area contributed by atoms with Gasteiger partial charge in [-0.1, -0.05) is 108 Å². The van der Waals surface area contributed by atoms with E-state index in [0.717, 1.165) is 102 Å². The Morgan fingerprint density at radius 3 is 1.74 bits per heavy atom. The molecule has 7 heteroatoms. The zero-order valence-corrected chi connectivity index (χ0v) is 38.1. The minimum Gasteiger partial charge on any atom is -0.489 e. The van der Waals surface area contributed by atoms with Crippen LogP contribution in [0.1, 0.15) is 64.7 Å². The summed E-state index contributed by atoms with van der Waals surface area (Å²) in [7, 11) is 0. The van der Waals surface area contributed by atoms with Gasteiger partial charge in [-0.3, -0.25) is 0 Å². The van der Waals surface area contributed by atoms with E-state index in [0.29, 0.717) is 13.2 Å². The number of fused-ring (bicyclic) bond motifs is 8. The molecule has 0 spiro atoms. The first-order valence-corrected chi connectivity index (χ1v) is 22.9.